The lowest BCUT2D eigenvalue weighted by atomic mass is 10.1. The Morgan fingerprint density at radius 3 is 1.96 bits per heavy atom. The zero-order valence-electron chi connectivity index (χ0n) is 13.2. The fourth-order valence-corrected chi connectivity index (χ4v) is 2.25. The van der Waals surface area contributed by atoms with Gasteiger partial charge in [0.1, 0.15) is 11.5 Å². The van der Waals surface area contributed by atoms with E-state index in [4.69, 9.17) is 9.47 Å². The summed E-state index contributed by atoms with van der Waals surface area (Å²) in [4.78, 5) is 34.3. The van der Waals surface area contributed by atoms with Crippen LogP contribution in [0.1, 0.15) is 5.56 Å². The largest absolute Gasteiger partial charge is 0.429 e. The lowest BCUT2D eigenvalue weighted by Crippen LogP contribution is -1.97. The standard InChI is InChI=1S/C18H13N3O4/c1-12-2-4-19-15(6-12)17-8-14(25-11-23)9-18(21-17)16-7-13(24-10-22)3-5-20-16/h2-11H,1H3. The number of aryl methyl sites for hydroxylation is 1. The molecule has 124 valence electrons. The summed E-state index contributed by atoms with van der Waals surface area (Å²) in [5.41, 5.74) is 3.10. The maximum atomic E-state index is 10.7. The van der Waals surface area contributed by atoms with Gasteiger partial charge < -0.3 is 9.47 Å². The monoisotopic (exact) mass is 335 g/mol. The molecule has 3 heterocycles. The lowest BCUT2D eigenvalue weighted by molar-refractivity contribution is -0.121. The van der Waals surface area contributed by atoms with Gasteiger partial charge in [0.05, 0.1) is 22.8 Å². The smallest absolute Gasteiger partial charge is 0.298 e. The number of ether oxygens (including phenoxy) is 2. The minimum Gasteiger partial charge on any atom is -0.429 e. The molecule has 25 heavy (non-hydrogen) atoms. The summed E-state index contributed by atoms with van der Waals surface area (Å²) in [6.45, 7) is 2.62. The molecule has 0 aliphatic rings. The number of pyridine rings is 3. The van der Waals surface area contributed by atoms with E-state index in [-0.39, 0.29) is 0 Å². The Balaban J connectivity index is 2.11. The van der Waals surface area contributed by atoms with Gasteiger partial charge in [0, 0.05) is 30.6 Å². The van der Waals surface area contributed by atoms with Gasteiger partial charge in [-0.05, 0) is 30.7 Å². The van der Waals surface area contributed by atoms with Crippen LogP contribution >= 0.6 is 0 Å². The van der Waals surface area contributed by atoms with Gasteiger partial charge in [0.25, 0.3) is 12.9 Å². The molecule has 0 fully saturated rings. The first-order valence-corrected chi connectivity index (χ1v) is 7.32. The van der Waals surface area contributed by atoms with Gasteiger partial charge in [-0.2, -0.15) is 0 Å². The highest BCUT2D eigenvalue weighted by molar-refractivity contribution is 5.67. The third-order valence-corrected chi connectivity index (χ3v) is 3.34. The van der Waals surface area contributed by atoms with Crippen LogP contribution in [0.4, 0.5) is 0 Å². The van der Waals surface area contributed by atoms with Crippen molar-refractivity contribution in [1.82, 2.24) is 15.0 Å². The number of rotatable bonds is 6. The Labute approximate surface area is 143 Å². The van der Waals surface area contributed by atoms with Gasteiger partial charge >= 0.3 is 0 Å². The third kappa shape index (κ3) is 3.84. The van der Waals surface area contributed by atoms with Crippen molar-refractivity contribution >= 4 is 12.9 Å². The predicted octanol–water partition coefficient (Wildman–Crippen LogP) is 2.58. The normalized spacial score (nSPS) is 10.1. The molecule has 0 spiro atoms. The summed E-state index contributed by atoms with van der Waals surface area (Å²) in [7, 11) is 0. The van der Waals surface area contributed by atoms with Crippen molar-refractivity contribution in [2.24, 2.45) is 0 Å². The molecular weight excluding hydrogens is 322 g/mol. The maximum Gasteiger partial charge on any atom is 0.298 e. The highest BCUT2D eigenvalue weighted by Gasteiger charge is 2.11. The fourth-order valence-electron chi connectivity index (χ4n) is 2.25. The van der Waals surface area contributed by atoms with E-state index >= 15 is 0 Å². The van der Waals surface area contributed by atoms with Crippen LogP contribution in [0.15, 0.2) is 48.8 Å². The summed E-state index contributed by atoms with van der Waals surface area (Å²) < 4.78 is 9.80. The first-order chi connectivity index (χ1) is 12.2. The van der Waals surface area contributed by atoms with Crippen LogP contribution in [0.3, 0.4) is 0 Å². The summed E-state index contributed by atoms with van der Waals surface area (Å²) in [5.74, 6) is 0.639. The number of carbonyl (C=O) groups excluding carboxylic acids is 2. The summed E-state index contributed by atoms with van der Waals surface area (Å²) in [6.07, 6.45) is 3.17. The molecule has 0 unspecified atom stereocenters. The van der Waals surface area contributed by atoms with E-state index in [1.165, 1.54) is 6.20 Å². The topological polar surface area (TPSA) is 91.3 Å². The summed E-state index contributed by atoms with van der Waals surface area (Å²) in [6, 6.07) is 10.0. The average Bonchev–Trinajstić information content (AvgIpc) is 2.62. The van der Waals surface area contributed by atoms with Gasteiger partial charge in [0.2, 0.25) is 0 Å². The van der Waals surface area contributed by atoms with E-state index in [1.54, 1.807) is 30.5 Å². The van der Waals surface area contributed by atoms with E-state index < -0.39 is 0 Å². The van der Waals surface area contributed by atoms with Crippen molar-refractivity contribution in [3.8, 4) is 34.3 Å². The van der Waals surface area contributed by atoms with Crippen LogP contribution < -0.4 is 9.47 Å². The van der Waals surface area contributed by atoms with Crippen LogP contribution in [0.25, 0.3) is 22.8 Å². The second-order valence-electron chi connectivity index (χ2n) is 5.10. The van der Waals surface area contributed by atoms with Crippen LogP contribution in [0.2, 0.25) is 0 Å². The van der Waals surface area contributed by atoms with E-state index in [1.807, 2.05) is 19.1 Å². The Kier molecular flexibility index (Phi) is 4.75. The van der Waals surface area contributed by atoms with Crippen LogP contribution in [0, 0.1) is 6.92 Å². The van der Waals surface area contributed by atoms with Crippen LogP contribution in [-0.4, -0.2) is 27.9 Å². The molecular formula is C18H13N3O4. The molecule has 3 aromatic heterocycles. The maximum absolute atomic E-state index is 10.7. The van der Waals surface area contributed by atoms with Crippen molar-refractivity contribution in [3.05, 3.63) is 54.4 Å². The first-order valence-electron chi connectivity index (χ1n) is 7.32. The van der Waals surface area contributed by atoms with Crippen LogP contribution in [0.5, 0.6) is 11.5 Å². The van der Waals surface area contributed by atoms with E-state index in [2.05, 4.69) is 15.0 Å². The van der Waals surface area contributed by atoms with Crippen LogP contribution in [-0.2, 0) is 9.59 Å². The Morgan fingerprint density at radius 1 is 0.760 bits per heavy atom. The average molecular weight is 335 g/mol. The highest BCUT2D eigenvalue weighted by Crippen LogP contribution is 2.28. The van der Waals surface area contributed by atoms with E-state index in [0.717, 1.165) is 5.56 Å². The van der Waals surface area contributed by atoms with Gasteiger partial charge in [-0.1, -0.05) is 0 Å². The van der Waals surface area contributed by atoms with Crippen molar-refractivity contribution in [3.63, 3.8) is 0 Å². The zero-order valence-corrected chi connectivity index (χ0v) is 13.2. The van der Waals surface area contributed by atoms with E-state index in [0.29, 0.717) is 47.2 Å². The van der Waals surface area contributed by atoms with Crippen molar-refractivity contribution in [2.75, 3.05) is 0 Å². The van der Waals surface area contributed by atoms with Gasteiger partial charge in [-0.25, -0.2) is 4.98 Å². The Morgan fingerprint density at radius 2 is 1.32 bits per heavy atom. The number of hydrogen-bond acceptors (Lipinski definition) is 7. The molecule has 0 saturated heterocycles. The predicted molar refractivity (Wildman–Crippen MR) is 88.8 cm³/mol. The molecule has 0 atom stereocenters. The molecule has 0 bridgehead atoms. The third-order valence-electron chi connectivity index (χ3n) is 3.34. The van der Waals surface area contributed by atoms with Gasteiger partial charge in [-0.3, -0.25) is 19.6 Å². The quantitative estimate of drug-likeness (QED) is 0.639. The molecule has 0 aromatic carbocycles. The zero-order chi connectivity index (χ0) is 17.6. The molecule has 0 amide bonds. The number of aromatic nitrogens is 3. The molecule has 0 aliphatic carbocycles. The molecule has 0 N–H and O–H groups in total. The Bertz CT molecular complexity index is 928. The molecule has 3 aromatic rings. The van der Waals surface area contributed by atoms with Crippen molar-refractivity contribution in [1.29, 1.82) is 0 Å². The fraction of sp³-hybridized carbons (Fsp3) is 0.0556. The number of carbonyl (C=O) groups is 2. The van der Waals surface area contributed by atoms with Gasteiger partial charge in [-0.15, -0.1) is 0 Å². The molecule has 7 heteroatoms. The van der Waals surface area contributed by atoms with Crippen molar-refractivity contribution < 1.29 is 19.1 Å². The summed E-state index contributed by atoms with van der Waals surface area (Å²) >= 11 is 0. The minimum absolute atomic E-state index is 0.307. The number of hydrogen-bond donors (Lipinski definition) is 0. The second-order valence-corrected chi connectivity index (χ2v) is 5.10. The molecule has 7 nitrogen and oxygen atoms in total. The molecule has 3 rings (SSSR count). The SMILES string of the molecule is Cc1ccnc(-c2cc(OC=O)cc(-c3cc(OC=O)ccn3)n2)c1. The van der Waals surface area contributed by atoms with E-state index in [9.17, 15) is 9.59 Å². The molecule has 0 saturated carbocycles. The number of nitrogens with zero attached hydrogens (tertiary/aromatic N) is 3. The highest BCUT2D eigenvalue weighted by atomic mass is 16.5. The minimum atomic E-state index is 0.307. The van der Waals surface area contributed by atoms with Crippen molar-refractivity contribution in [2.45, 2.75) is 6.92 Å². The van der Waals surface area contributed by atoms with Gasteiger partial charge in [0.15, 0.2) is 0 Å². The first kappa shape index (κ1) is 16.3. The lowest BCUT2D eigenvalue weighted by Gasteiger charge is -2.08. The second kappa shape index (κ2) is 7.31. The molecule has 0 radical (unpaired) electrons. The summed E-state index contributed by atoms with van der Waals surface area (Å²) in [5, 5.41) is 0. The Hall–Kier alpha value is -3.61. The molecule has 0 aliphatic heterocycles.